The Morgan fingerprint density at radius 3 is 2.36 bits per heavy atom. The number of carbonyl (C=O) groups is 2. The van der Waals surface area contributed by atoms with Crippen molar-refractivity contribution in [3.05, 3.63) is 35.9 Å². The third-order valence-electron chi connectivity index (χ3n) is 5.18. The van der Waals surface area contributed by atoms with E-state index in [1.54, 1.807) is 0 Å². The SMILES string of the molecule is CC(C)[C@H](N)C(=O)NCC(=O)N(CC1CCC1)C(C)c1ccccc1. The fourth-order valence-corrected chi connectivity index (χ4v) is 3.03. The lowest BCUT2D eigenvalue weighted by Crippen LogP contribution is -2.49. The predicted octanol–water partition coefficient (Wildman–Crippen LogP) is 2.48. The van der Waals surface area contributed by atoms with Crippen molar-refractivity contribution in [2.24, 2.45) is 17.6 Å². The molecular weight excluding hydrogens is 314 g/mol. The highest BCUT2D eigenvalue weighted by Gasteiger charge is 2.28. The lowest BCUT2D eigenvalue weighted by Gasteiger charge is -2.36. The fraction of sp³-hybridized carbons (Fsp3) is 0.600. The van der Waals surface area contributed by atoms with E-state index in [0.29, 0.717) is 5.92 Å². The first-order valence-corrected chi connectivity index (χ1v) is 9.27. The van der Waals surface area contributed by atoms with E-state index < -0.39 is 6.04 Å². The third kappa shape index (κ3) is 5.30. The summed E-state index contributed by atoms with van der Waals surface area (Å²) in [4.78, 5) is 26.7. The smallest absolute Gasteiger partial charge is 0.242 e. The van der Waals surface area contributed by atoms with Gasteiger partial charge >= 0.3 is 0 Å². The molecule has 138 valence electrons. The van der Waals surface area contributed by atoms with Gasteiger partial charge in [0.1, 0.15) is 0 Å². The highest BCUT2D eigenvalue weighted by Crippen LogP contribution is 2.30. The number of nitrogens with one attached hydrogen (secondary N) is 1. The van der Waals surface area contributed by atoms with Crippen LogP contribution < -0.4 is 11.1 Å². The molecule has 0 bridgehead atoms. The number of benzene rings is 1. The van der Waals surface area contributed by atoms with Gasteiger partial charge in [-0.3, -0.25) is 9.59 Å². The molecule has 2 atom stereocenters. The highest BCUT2D eigenvalue weighted by atomic mass is 16.2. The van der Waals surface area contributed by atoms with Crippen molar-refractivity contribution in [3.8, 4) is 0 Å². The highest BCUT2D eigenvalue weighted by molar-refractivity contribution is 5.87. The molecule has 0 radical (unpaired) electrons. The molecule has 1 aliphatic rings. The molecule has 0 saturated heterocycles. The monoisotopic (exact) mass is 345 g/mol. The second kappa shape index (κ2) is 8.99. The van der Waals surface area contributed by atoms with Crippen molar-refractivity contribution in [1.29, 1.82) is 0 Å². The van der Waals surface area contributed by atoms with Gasteiger partial charge in [-0.15, -0.1) is 0 Å². The summed E-state index contributed by atoms with van der Waals surface area (Å²) < 4.78 is 0. The van der Waals surface area contributed by atoms with Gasteiger partial charge in [-0.2, -0.15) is 0 Å². The Labute approximate surface area is 151 Å². The van der Waals surface area contributed by atoms with Crippen LogP contribution in [0.5, 0.6) is 0 Å². The summed E-state index contributed by atoms with van der Waals surface area (Å²) in [7, 11) is 0. The Morgan fingerprint density at radius 1 is 1.20 bits per heavy atom. The Hall–Kier alpha value is -1.88. The Kier molecular flexibility index (Phi) is 7.00. The van der Waals surface area contributed by atoms with Crippen LogP contribution in [0.2, 0.25) is 0 Å². The Bertz CT molecular complexity index is 570. The molecule has 1 aromatic rings. The van der Waals surface area contributed by atoms with Crippen molar-refractivity contribution in [2.75, 3.05) is 13.1 Å². The third-order valence-corrected chi connectivity index (χ3v) is 5.18. The molecular formula is C20H31N3O2. The Balaban J connectivity index is 2.01. The second-order valence-electron chi connectivity index (χ2n) is 7.42. The lowest BCUT2D eigenvalue weighted by atomic mass is 9.84. The van der Waals surface area contributed by atoms with E-state index in [9.17, 15) is 9.59 Å². The van der Waals surface area contributed by atoms with Crippen molar-refractivity contribution < 1.29 is 9.59 Å². The molecule has 25 heavy (non-hydrogen) atoms. The minimum absolute atomic E-state index is 0.00312. The maximum absolute atomic E-state index is 12.8. The molecule has 1 fully saturated rings. The van der Waals surface area contributed by atoms with Gasteiger partial charge in [0.05, 0.1) is 18.6 Å². The summed E-state index contributed by atoms with van der Waals surface area (Å²) >= 11 is 0. The van der Waals surface area contributed by atoms with E-state index in [1.165, 1.54) is 19.3 Å². The van der Waals surface area contributed by atoms with Crippen molar-refractivity contribution in [3.63, 3.8) is 0 Å². The number of rotatable bonds is 8. The molecule has 0 aliphatic heterocycles. The largest absolute Gasteiger partial charge is 0.346 e. The zero-order valence-electron chi connectivity index (χ0n) is 15.6. The minimum Gasteiger partial charge on any atom is -0.346 e. The van der Waals surface area contributed by atoms with E-state index >= 15 is 0 Å². The van der Waals surface area contributed by atoms with Crippen LogP contribution in [-0.4, -0.2) is 35.8 Å². The standard InChI is InChI=1S/C20H31N3O2/c1-14(2)19(21)20(25)22-12-18(24)23(13-16-8-7-9-16)15(3)17-10-5-4-6-11-17/h4-6,10-11,14-16,19H,7-9,12-13,21H2,1-3H3,(H,22,25)/t15?,19-/m0/s1. The molecule has 0 heterocycles. The van der Waals surface area contributed by atoms with Crippen LogP contribution in [0.15, 0.2) is 30.3 Å². The van der Waals surface area contributed by atoms with Crippen molar-refractivity contribution >= 4 is 11.8 Å². The molecule has 1 aromatic carbocycles. The average molecular weight is 345 g/mol. The molecule has 2 amide bonds. The van der Waals surface area contributed by atoms with Gasteiger partial charge in [-0.1, -0.05) is 50.6 Å². The topological polar surface area (TPSA) is 75.4 Å². The number of carbonyl (C=O) groups excluding carboxylic acids is 2. The summed E-state index contributed by atoms with van der Waals surface area (Å²) in [5.74, 6) is 0.306. The van der Waals surface area contributed by atoms with Crippen LogP contribution in [0.1, 0.15) is 51.6 Å². The predicted molar refractivity (Wildman–Crippen MR) is 99.7 cm³/mol. The summed E-state index contributed by atoms with van der Waals surface area (Å²) in [5.41, 5.74) is 6.96. The molecule has 1 aliphatic carbocycles. The van der Waals surface area contributed by atoms with Gasteiger partial charge in [0.15, 0.2) is 0 Å². The van der Waals surface area contributed by atoms with Crippen LogP contribution in [-0.2, 0) is 9.59 Å². The van der Waals surface area contributed by atoms with Crippen LogP contribution in [0.4, 0.5) is 0 Å². The molecule has 0 spiro atoms. The molecule has 5 nitrogen and oxygen atoms in total. The number of amides is 2. The van der Waals surface area contributed by atoms with E-state index in [2.05, 4.69) is 5.32 Å². The Morgan fingerprint density at radius 2 is 1.84 bits per heavy atom. The van der Waals surface area contributed by atoms with Crippen LogP contribution in [0.25, 0.3) is 0 Å². The minimum atomic E-state index is -0.584. The van der Waals surface area contributed by atoms with Gasteiger partial charge in [-0.25, -0.2) is 0 Å². The zero-order valence-corrected chi connectivity index (χ0v) is 15.6. The van der Waals surface area contributed by atoms with Crippen LogP contribution in [0.3, 0.4) is 0 Å². The van der Waals surface area contributed by atoms with Crippen molar-refractivity contribution in [1.82, 2.24) is 10.2 Å². The maximum Gasteiger partial charge on any atom is 0.242 e. The quantitative estimate of drug-likeness (QED) is 0.760. The van der Waals surface area contributed by atoms with E-state index in [1.807, 2.05) is 56.0 Å². The summed E-state index contributed by atoms with van der Waals surface area (Å²) in [6.07, 6.45) is 3.60. The summed E-state index contributed by atoms with van der Waals surface area (Å²) in [5, 5.41) is 2.70. The molecule has 5 heteroatoms. The van der Waals surface area contributed by atoms with Gasteiger partial charge in [0.25, 0.3) is 0 Å². The normalized spacial score (nSPS) is 16.8. The molecule has 1 saturated carbocycles. The van der Waals surface area contributed by atoms with Gasteiger partial charge < -0.3 is 16.0 Å². The van der Waals surface area contributed by atoms with E-state index in [0.717, 1.165) is 12.1 Å². The molecule has 2 rings (SSSR count). The average Bonchev–Trinajstić information content (AvgIpc) is 2.58. The summed E-state index contributed by atoms with van der Waals surface area (Å²) in [6.45, 7) is 6.59. The first-order chi connectivity index (χ1) is 11.9. The molecule has 1 unspecified atom stereocenters. The maximum atomic E-state index is 12.8. The number of nitrogens with zero attached hydrogens (tertiary/aromatic N) is 1. The van der Waals surface area contributed by atoms with Gasteiger partial charge in [-0.05, 0) is 37.2 Å². The lowest BCUT2D eigenvalue weighted by molar-refractivity contribution is -0.136. The first-order valence-electron chi connectivity index (χ1n) is 9.27. The first kappa shape index (κ1) is 19.4. The van der Waals surface area contributed by atoms with Gasteiger partial charge in [0, 0.05) is 6.54 Å². The number of hydrogen-bond donors (Lipinski definition) is 2. The van der Waals surface area contributed by atoms with Crippen LogP contribution in [0, 0.1) is 11.8 Å². The van der Waals surface area contributed by atoms with Gasteiger partial charge in [0.2, 0.25) is 11.8 Å². The zero-order chi connectivity index (χ0) is 18.4. The number of hydrogen-bond acceptors (Lipinski definition) is 3. The van der Waals surface area contributed by atoms with Crippen molar-refractivity contribution in [2.45, 2.75) is 52.1 Å². The van der Waals surface area contributed by atoms with E-state index in [-0.39, 0.29) is 30.3 Å². The fourth-order valence-electron chi connectivity index (χ4n) is 3.03. The van der Waals surface area contributed by atoms with E-state index in [4.69, 9.17) is 5.73 Å². The summed E-state index contributed by atoms with van der Waals surface area (Å²) in [6, 6.07) is 9.44. The molecule has 3 N–H and O–H groups in total. The number of nitrogens with two attached hydrogens (primary N) is 1. The molecule has 0 aromatic heterocycles. The van der Waals surface area contributed by atoms with Crippen LogP contribution >= 0.6 is 0 Å². The second-order valence-corrected chi connectivity index (χ2v) is 7.42.